The van der Waals surface area contributed by atoms with E-state index in [9.17, 15) is 14.4 Å². The summed E-state index contributed by atoms with van der Waals surface area (Å²) in [5, 5.41) is 0. The number of rotatable bonds is 35. The van der Waals surface area contributed by atoms with Gasteiger partial charge in [-0.15, -0.1) is 0 Å². The number of carbonyl (C=O) groups excluding carboxylic acids is 3. The minimum absolute atomic E-state index is 0.0398. The first kappa shape index (κ1) is 40.8. The summed E-state index contributed by atoms with van der Waals surface area (Å²) in [5.41, 5.74) is 0. The Morgan fingerprint density at radius 2 is 0.886 bits per heavy atom. The van der Waals surface area contributed by atoms with Gasteiger partial charge < -0.3 is 9.47 Å². The Hall–Kier alpha value is -1.23. The van der Waals surface area contributed by atoms with E-state index in [-0.39, 0.29) is 24.9 Å². The monoisotopic (exact) mass is 621 g/mol. The molecule has 1 aliphatic heterocycles. The number of hydrogen-bond acceptors (Lipinski definition) is 5. The molecule has 0 bridgehead atoms. The molecule has 1 heterocycles. The number of carbonyl (C=O) groups is 3. The number of epoxide rings is 1. The van der Waals surface area contributed by atoms with Crippen molar-refractivity contribution >= 4 is 17.5 Å². The summed E-state index contributed by atoms with van der Waals surface area (Å²) in [6.45, 7) is 5.32. The molecule has 258 valence electrons. The van der Waals surface area contributed by atoms with E-state index < -0.39 is 17.7 Å². The Bertz CT molecular complexity index is 686. The molecule has 5 heteroatoms. The second kappa shape index (κ2) is 30.4. The summed E-state index contributed by atoms with van der Waals surface area (Å²) >= 11 is 0. The molecule has 1 saturated heterocycles. The lowest BCUT2D eigenvalue weighted by molar-refractivity contribution is -0.155. The van der Waals surface area contributed by atoms with Crippen molar-refractivity contribution in [1.82, 2.24) is 0 Å². The summed E-state index contributed by atoms with van der Waals surface area (Å²) in [5.74, 6) is -2.39. The molecule has 1 rings (SSSR count). The van der Waals surface area contributed by atoms with Crippen molar-refractivity contribution in [3.63, 3.8) is 0 Å². The molecule has 0 aliphatic carbocycles. The molecule has 0 spiro atoms. The van der Waals surface area contributed by atoms with Crippen molar-refractivity contribution in [3.8, 4) is 0 Å². The molecular weight excluding hydrogens is 548 g/mol. The summed E-state index contributed by atoms with van der Waals surface area (Å²) in [4.78, 5) is 38.5. The predicted molar refractivity (Wildman–Crippen MR) is 184 cm³/mol. The summed E-state index contributed by atoms with van der Waals surface area (Å²) in [6.07, 6.45) is 35.8. The van der Waals surface area contributed by atoms with Gasteiger partial charge in [0, 0.05) is 6.42 Å². The number of unbranched alkanes of at least 4 members (excludes halogenated alkanes) is 26. The van der Waals surface area contributed by atoms with E-state index in [0.29, 0.717) is 13.0 Å². The topological polar surface area (TPSA) is 73.0 Å². The predicted octanol–water partition coefficient (Wildman–Crippen LogP) is 11.4. The zero-order chi connectivity index (χ0) is 31.9. The maximum atomic E-state index is 13.0. The van der Waals surface area contributed by atoms with Crippen LogP contribution in [0.5, 0.6) is 0 Å². The van der Waals surface area contributed by atoms with Crippen LogP contribution in [0, 0.1) is 5.92 Å². The highest BCUT2D eigenvalue weighted by molar-refractivity contribution is 6.41. The molecule has 2 unspecified atom stereocenters. The average molecular weight is 621 g/mol. The van der Waals surface area contributed by atoms with Gasteiger partial charge in [0.15, 0.2) is 5.78 Å². The van der Waals surface area contributed by atoms with Crippen molar-refractivity contribution in [2.75, 3.05) is 13.2 Å². The first-order chi connectivity index (χ1) is 21.6. The largest absolute Gasteiger partial charge is 0.462 e. The van der Waals surface area contributed by atoms with Crippen LogP contribution in [0.25, 0.3) is 0 Å². The van der Waals surface area contributed by atoms with Gasteiger partial charge in [-0.3, -0.25) is 14.4 Å². The van der Waals surface area contributed by atoms with Gasteiger partial charge in [-0.05, 0) is 12.8 Å². The molecule has 0 radical (unpaired) electrons. The van der Waals surface area contributed by atoms with Crippen LogP contribution in [-0.2, 0) is 23.9 Å². The third kappa shape index (κ3) is 25.0. The minimum atomic E-state index is -0.940. The van der Waals surface area contributed by atoms with E-state index >= 15 is 0 Å². The van der Waals surface area contributed by atoms with E-state index in [4.69, 9.17) is 9.47 Å². The highest BCUT2D eigenvalue weighted by Gasteiger charge is 2.33. The highest BCUT2D eigenvalue weighted by Crippen LogP contribution is 2.20. The molecule has 0 aromatic heterocycles. The molecule has 0 aromatic rings. The molecule has 2 atom stereocenters. The van der Waals surface area contributed by atoms with Gasteiger partial charge in [-0.1, -0.05) is 187 Å². The maximum absolute atomic E-state index is 13.0. The smallest absolute Gasteiger partial charge is 0.317 e. The van der Waals surface area contributed by atoms with Crippen molar-refractivity contribution in [1.29, 1.82) is 0 Å². The van der Waals surface area contributed by atoms with Crippen molar-refractivity contribution in [2.24, 2.45) is 5.92 Å². The lowest BCUT2D eigenvalue weighted by Crippen LogP contribution is -2.32. The Morgan fingerprint density at radius 3 is 1.25 bits per heavy atom. The van der Waals surface area contributed by atoms with Crippen molar-refractivity contribution in [3.05, 3.63) is 0 Å². The molecule has 0 aromatic carbocycles. The Morgan fingerprint density at radius 1 is 0.545 bits per heavy atom. The van der Waals surface area contributed by atoms with Crippen LogP contribution >= 0.6 is 0 Å². The SMILES string of the molecule is CCCCCCCCCCCCCCCCC(=O)C(=O)C(CCCCCCCCCCCCCCCC)C(=O)OCC1CO1. The first-order valence-electron chi connectivity index (χ1n) is 19.4. The molecule has 0 N–H and O–H groups in total. The normalized spacial score (nSPS) is 14.9. The van der Waals surface area contributed by atoms with E-state index in [1.54, 1.807) is 0 Å². The highest BCUT2D eigenvalue weighted by atomic mass is 16.6. The number of esters is 1. The fourth-order valence-electron chi connectivity index (χ4n) is 6.14. The average Bonchev–Trinajstić information content (AvgIpc) is 3.86. The molecule has 1 aliphatic rings. The molecule has 0 saturated carbocycles. The second-order valence-corrected chi connectivity index (χ2v) is 13.7. The second-order valence-electron chi connectivity index (χ2n) is 13.7. The summed E-state index contributed by atoms with van der Waals surface area (Å²) in [6, 6.07) is 0. The summed E-state index contributed by atoms with van der Waals surface area (Å²) in [7, 11) is 0. The fraction of sp³-hybridized carbons (Fsp3) is 0.923. The van der Waals surface area contributed by atoms with Crippen LogP contribution < -0.4 is 0 Å². The van der Waals surface area contributed by atoms with Crippen LogP contribution in [-0.4, -0.2) is 36.9 Å². The van der Waals surface area contributed by atoms with Crippen molar-refractivity contribution in [2.45, 2.75) is 213 Å². The maximum Gasteiger partial charge on any atom is 0.317 e. The zero-order valence-corrected chi connectivity index (χ0v) is 29.3. The Labute approximate surface area is 272 Å². The quantitative estimate of drug-likeness (QED) is 0.0232. The molecule has 5 nitrogen and oxygen atoms in total. The van der Waals surface area contributed by atoms with Gasteiger partial charge in [0.1, 0.15) is 18.6 Å². The summed E-state index contributed by atoms with van der Waals surface area (Å²) < 4.78 is 10.5. The van der Waals surface area contributed by atoms with Gasteiger partial charge in [0.2, 0.25) is 5.78 Å². The lowest BCUT2D eigenvalue weighted by Gasteiger charge is -2.14. The Kier molecular flexibility index (Phi) is 28.2. The standard InChI is InChI=1S/C39H72O5/c1-3-5-7-9-11-13-15-17-19-21-23-25-27-29-31-36(39(42)44-34-35-33-43-35)38(41)37(40)32-30-28-26-24-22-20-18-16-14-12-10-8-6-4-2/h35-36H,3-34H2,1-2H3. The van der Waals surface area contributed by atoms with E-state index in [1.807, 2.05) is 0 Å². The number of ketones is 2. The third-order valence-corrected chi connectivity index (χ3v) is 9.29. The van der Waals surface area contributed by atoms with Gasteiger partial charge in [-0.25, -0.2) is 0 Å². The molecule has 44 heavy (non-hydrogen) atoms. The molecule has 1 fully saturated rings. The zero-order valence-electron chi connectivity index (χ0n) is 29.3. The Balaban J connectivity index is 2.13. The molecule has 0 amide bonds. The number of hydrogen-bond donors (Lipinski definition) is 0. The van der Waals surface area contributed by atoms with E-state index in [0.717, 1.165) is 38.5 Å². The van der Waals surface area contributed by atoms with Crippen LogP contribution in [0.4, 0.5) is 0 Å². The third-order valence-electron chi connectivity index (χ3n) is 9.29. The molecular formula is C39H72O5. The van der Waals surface area contributed by atoms with Gasteiger partial charge in [-0.2, -0.15) is 0 Å². The van der Waals surface area contributed by atoms with Crippen LogP contribution in [0.2, 0.25) is 0 Å². The van der Waals surface area contributed by atoms with Gasteiger partial charge in [0.25, 0.3) is 0 Å². The van der Waals surface area contributed by atoms with E-state index in [1.165, 1.54) is 141 Å². The number of ether oxygens (including phenoxy) is 2. The van der Waals surface area contributed by atoms with Gasteiger partial charge >= 0.3 is 5.97 Å². The van der Waals surface area contributed by atoms with Crippen molar-refractivity contribution < 1.29 is 23.9 Å². The van der Waals surface area contributed by atoms with Crippen LogP contribution in [0.15, 0.2) is 0 Å². The number of Topliss-reactive ketones (excluding diaryl/α,β-unsaturated/α-hetero) is 2. The minimum Gasteiger partial charge on any atom is -0.462 e. The first-order valence-corrected chi connectivity index (χ1v) is 19.4. The van der Waals surface area contributed by atoms with Gasteiger partial charge in [0.05, 0.1) is 6.61 Å². The van der Waals surface area contributed by atoms with Crippen LogP contribution in [0.1, 0.15) is 206 Å². The lowest BCUT2D eigenvalue weighted by atomic mass is 9.92. The fourth-order valence-corrected chi connectivity index (χ4v) is 6.14. The van der Waals surface area contributed by atoms with Crippen LogP contribution in [0.3, 0.4) is 0 Å². The van der Waals surface area contributed by atoms with E-state index in [2.05, 4.69) is 13.8 Å².